The Hall–Kier alpha value is -0.120. The molecular weight excluding hydrogens is 250 g/mol. The lowest BCUT2D eigenvalue weighted by molar-refractivity contribution is -0.0102. The van der Waals surface area contributed by atoms with Gasteiger partial charge in [-0.05, 0) is 43.9 Å². The van der Waals surface area contributed by atoms with Crippen LogP contribution in [-0.4, -0.2) is 36.5 Å². The molecule has 0 heterocycles. The molecular formula is C17H35NO2. The molecule has 0 aliphatic heterocycles. The van der Waals surface area contributed by atoms with E-state index in [1.807, 2.05) is 0 Å². The maximum atomic E-state index is 10.0. The minimum atomic E-state index is -0.394. The summed E-state index contributed by atoms with van der Waals surface area (Å²) in [6.07, 6.45) is 5.96. The number of rotatable bonds is 8. The van der Waals surface area contributed by atoms with E-state index in [4.69, 9.17) is 4.74 Å². The Balaban J connectivity index is 2.15. The molecule has 1 rings (SSSR count). The van der Waals surface area contributed by atoms with Gasteiger partial charge in [0.05, 0.1) is 18.8 Å². The minimum Gasteiger partial charge on any atom is -0.389 e. The highest BCUT2D eigenvalue weighted by atomic mass is 16.5. The molecule has 0 radical (unpaired) electrons. The summed E-state index contributed by atoms with van der Waals surface area (Å²) in [5.41, 5.74) is 0.448. The molecule has 3 atom stereocenters. The molecule has 0 aromatic carbocycles. The van der Waals surface area contributed by atoms with Gasteiger partial charge >= 0.3 is 0 Å². The van der Waals surface area contributed by atoms with Crippen LogP contribution in [0.3, 0.4) is 0 Å². The van der Waals surface area contributed by atoms with E-state index < -0.39 is 6.10 Å². The summed E-state index contributed by atoms with van der Waals surface area (Å²) in [5, 5.41) is 13.5. The predicted molar refractivity (Wildman–Crippen MR) is 84.9 cm³/mol. The van der Waals surface area contributed by atoms with Crippen molar-refractivity contribution in [2.45, 2.75) is 85.0 Å². The van der Waals surface area contributed by atoms with Crippen molar-refractivity contribution >= 4 is 0 Å². The lowest BCUT2D eigenvalue weighted by Crippen LogP contribution is -2.42. The maximum absolute atomic E-state index is 10.0. The topological polar surface area (TPSA) is 41.5 Å². The van der Waals surface area contributed by atoms with Crippen molar-refractivity contribution in [3.63, 3.8) is 0 Å². The normalized spacial score (nSPS) is 25.6. The van der Waals surface area contributed by atoms with Crippen LogP contribution in [0.15, 0.2) is 0 Å². The van der Waals surface area contributed by atoms with Gasteiger partial charge in [-0.3, -0.25) is 0 Å². The molecule has 0 aromatic heterocycles. The molecule has 0 spiro atoms. The standard InChI is InChI=1S/C17H35NO2/c1-13(2)9-14(3)20-12-16(19)11-18-15-7-6-8-17(4,5)10-15/h13-16,18-19H,6-12H2,1-5H3. The second-order valence-electron chi connectivity index (χ2n) is 7.79. The van der Waals surface area contributed by atoms with E-state index in [0.29, 0.717) is 30.5 Å². The number of hydrogen-bond acceptors (Lipinski definition) is 3. The molecule has 3 unspecified atom stereocenters. The van der Waals surface area contributed by atoms with E-state index in [1.165, 1.54) is 25.7 Å². The Bertz CT molecular complexity index is 266. The summed E-state index contributed by atoms with van der Waals surface area (Å²) in [4.78, 5) is 0. The molecule has 3 nitrogen and oxygen atoms in total. The number of nitrogens with one attached hydrogen (secondary N) is 1. The van der Waals surface area contributed by atoms with Gasteiger partial charge in [-0.2, -0.15) is 0 Å². The first-order chi connectivity index (χ1) is 9.28. The Labute approximate surface area is 125 Å². The highest BCUT2D eigenvalue weighted by Crippen LogP contribution is 2.34. The van der Waals surface area contributed by atoms with Crippen LogP contribution in [0.5, 0.6) is 0 Å². The van der Waals surface area contributed by atoms with E-state index in [1.54, 1.807) is 0 Å². The highest BCUT2D eigenvalue weighted by Gasteiger charge is 2.27. The molecule has 0 saturated heterocycles. The van der Waals surface area contributed by atoms with Gasteiger partial charge < -0.3 is 15.2 Å². The molecule has 3 heteroatoms. The largest absolute Gasteiger partial charge is 0.389 e. The average Bonchev–Trinajstić information content (AvgIpc) is 2.32. The third-order valence-corrected chi connectivity index (χ3v) is 4.22. The SMILES string of the molecule is CC(C)CC(C)OCC(O)CNC1CCCC(C)(C)C1. The lowest BCUT2D eigenvalue weighted by Gasteiger charge is -2.36. The zero-order valence-corrected chi connectivity index (χ0v) is 14.1. The smallest absolute Gasteiger partial charge is 0.0897 e. The summed E-state index contributed by atoms with van der Waals surface area (Å²) < 4.78 is 5.71. The fourth-order valence-electron chi connectivity index (χ4n) is 3.24. The minimum absolute atomic E-state index is 0.235. The second-order valence-corrected chi connectivity index (χ2v) is 7.79. The van der Waals surface area contributed by atoms with E-state index in [-0.39, 0.29) is 6.10 Å². The number of aliphatic hydroxyl groups is 1. The van der Waals surface area contributed by atoms with Gasteiger partial charge in [0.15, 0.2) is 0 Å². The van der Waals surface area contributed by atoms with E-state index in [0.717, 1.165) is 6.42 Å². The zero-order valence-electron chi connectivity index (χ0n) is 14.1. The number of ether oxygens (including phenoxy) is 1. The van der Waals surface area contributed by atoms with Crippen molar-refractivity contribution in [1.82, 2.24) is 5.32 Å². The van der Waals surface area contributed by atoms with Crippen LogP contribution in [0.2, 0.25) is 0 Å². The highest BCUT2D eigenvalue weighted by molar-refractivity contribution is 4.83. The first kappa shape index (κ1) is 17.9. The van der Waals surface area contributed by atoms with E-state index in [9.17, 15) is 5.11 Å². The first-order valence-electron chi connectivity index (χ1n) is 8.31. The van der Waals surface area contributed by atoms with Crippen LogP contribution in [0, 0.1) is 11.3 Å². The van der Waals surface area contributed by atoms with Gasteiger partial charge in [0.1, 0.15) is 0 Å². The van der Waals surface area contributed by atoms with Crippen molar-refractivity contribution in [3.8, 4) is 0 Å². The predicted octanol–water partition coefficient (Wildman–Crippen LogP) is 3.36. The molecule has 0 bridgehead atoms. The van der Waals surface area contributed by atoms with Crippen molar-refractivity contribution in [2.24, 2.45) is 11.3 Å². The monoisotopic (exact) mass is 285 g/mol. The first-order valence-corrected chi connectivity index (χ1v) is 8.31. The number of hydrogen-bond donors (Lipinski definition) is 2. The van der Waals surface area contributed by atoms with Crippen molar-refractivity contribution in [1.29, 1.82) is 0 Å². The average molecular weight is 285 g/mol. The zero-order chi connectivity index (χ0) is 15.2. The molecule has 2 N–H and O–H groups in total. The van der Waals surface area contributed by atoms with Crippen LogP contribution < -0.4 is 5.32 Å². The molecule has 1 fully saturated rings. The Kier molecular flexibility index (Phi) is 7.49. The van der Waals surface area contributed by atoms with E-state index >= 15 is 0 Å². The summed E-state index contributed by atoms with van der Waals surface area (Å²) in [6, 6.07) is 0.557. The maximum Gasteiger partial charge on any atom is 0.0897 e. The van der Waals surface area contributed by atoms with Gasteiger partial charge in [0, 0.05) is 12.6 Å². The van der Waals surface area contributed by atoms with Gasteiger partial charge in [-0.15, -0.1) is 0 Å². The molecule has 120 valence electrons. The molecule has 1 saturated carbocycles. The molecule has 0 aromatic rings. The molecule has 20 heavy (non-hydrogen) atoms. The van der Waals surface area contributed by atoms with Crippen LogP contribution in [0.25, 0.3) is 0 Å². The van der Waals surface area contributed by atoms with Crippen molar-refractivity contribution in [2.75, 3.05) is 13.2 Å². The summed E-state index contributed by atoms with van der Waals surface area (Å²) in [6.45, 7) is 12.3. The lowest BCUT2D eigenvalue weighted by atomic mass is 9.75. The van der Waals surface area contributed by atoms with E-state index in [2.05, 4.69) is 39.9 Å². The van der Waals surface area contributed by atoms with Gasteiger partial charge in [-0.25, -0.2) is 0 Å². The summed E-state index contributed by atoms with van der Waals surface area (Å²) >= 11 is 0. The van der Waals surface area contributed by atoms with Gasteiger partial charge in [-0.1, -0.05) is 34.1 Å². The third kappa shape index (κ3) is 7.61. The second kappa shape index (κ2) is 8.35. The quantitative estimate of drug-likeness (QED) is 0.718. The Morgan fingerprint density at radius 2 is 2.00 bits per heavy atom. The molecule has 0 amide bonds. The van der Waals surface area contributed by atoms with Crippen LogP contribution in [0.1, 0.15) is 66.7 Å². The van der Waals surface area contributed by atoms with Crippen LogP contribution >= 0.6 is 0 Å². The van der Waals surface area contributed by atoms with Crippen molar-refractivity contribution in [3.05, 3.63) is 0 Å². The molecule has 1 aliphatic carbocycles. The van der Waals surface area contributed by atoms with Crippen molar-refractivity contribution < 1.29 is 9.84 Å². The van der Waals surface area contributed by atoms with Gasteiger partial charge in [0.2, 0.25) is 0 Å². The third-order valence-electron chi connectivity index (χ3n) is 4.22. The fourth-order valence-corrected chi connectivity index (χ4v) is 3.24. The Morgan fingerprint density at radius 3 is 2.60 bits per heavy atom. The van der Waals surface area contributed by atoms with Gasteiger partial charge in [0.25, 0.3) is 0 Å². The Morgan fingerprint density at radius 1 is 1.30 bits per heavy atom. The summed E-state index contributed by atoms with van der Waals surface area (Å²) in [7, 11) is 0. The fraction of sp³-hybridized carbons (Fsp3) is 1.00. The van der Waals surface area contributed by atoms with Crippen LogP contribution in [-0.2, 0) is 4.74 Å². The molecule has 1 aliphatic rings. The number of aliphatic hydroxyl groups excluding tert-OH is 1. The summed E-state index contributed by atoms with van der Waals surface area (Å²) in [5.74, 6) is 0.643. The van der Waals surface area contributed by atoms with Crippen LogP contribution in [0.4, 0.5) is 0 Å².